The van der Waals surface area contributed by atoms with Crippen LogP contribution in [0.25, 0.3) is 0 Å². The number of aliphatic carboxylic acids is 1. The first-order valence-corrected chi connectivity index (χ1v) is 6.82. The number of hydrogen-bond donors (Lipinski definition) is 1. The minimum Gasteiger partial charge on any atom is -0.481 e. The summed E-state index contributed by atoms with van der Waals surface area (Å²) in [6, 6.07) is 9.56. The molecule has 5 nitrogen and oxygen atoms in total. The third-order valence-corrected chi connectivity index (χ3v) is 4.25. The number of benzene rings is 1. The maximum Gasteiger partial charge on any atom is 0.410 e. The number of ether oxygens (including phenoxy) is 1. The summed E-state index contributed by atoms with van der Waals surface area (Å²) >= 11 is 0. The smallest absolute Gasteiger partial charge is 0.410 e. The summed E-state index contributed by atoms with van der Waals surface area (Å²) in [6.07, 6.45) is -0.0717. The number of carboxylic acids is 1. The molecule has 5 heteroatoms. The minimum atomic E-state index is -0.748. The monoisotopic (exact) mass is 275 g/mol. The van der Waals surface area contributed by atoms with Gasteiger partial charge in [0, 0.05) is 19.5 Å². The summed E-state index contributed by atoms with van der Waals surface area (Å²) in [4.78, 5) is 24.2. The summed E-state index contributed by atoms with van der Waals surface area (Å²) in [5.41, 5.74) is 0.967. The van der Waals surface area contributed by atoms with Crippen LogP contribution in [0.5, 0.6) is 0 Å². The highest BCUT2D eigenvalue weighted by molar-refractivity contribution is 5.70. The van der Waals surface area contributed by atoms with E-state index in [-0.39, 0.29) is 25.0 Å². The second-order valence-electron chi connectivity index (χ2n) is 5.53. The Morgan fingerprint density at radius 3 is 2.45 bits per heavy atom. The number of fused-ring (bicyclic) bond motifs is 1. The van der Waals surface area contributed by atoms with E-state index in [1.165, 1.54) is 0 Å². The highest BCUT2D eigenvalue weighted by atomic mass is 16.6. The van der Waals surface area contributed by atoms with Gasteiger partial charge in [0.1, 0.15) is 6.61 Å². The lowest BCUT2D eigenvalue weighted by Gasteiger charge is -2.19. The van der Waals surface area contributed by atoms with E-state index in [1.807, 2.05) is 30.3 Å². The summed E-state index contributed by atoms with van der Waals surface area (Å²) in [6.45, 7) is 1.55. The van der Waals surface area contributed by atoms with E-state index < -0.39 is 5.97 Å². The molecule has 1 saturated heterocycles. The molecule has 0 radical (unpaired) electrons. The number of carboxylic acid groups (broad SMARTS) is 1. The molecule has 0 bridgehead atoms. The number of carbonyl (C=O) groups is 2. The Morgan fingerprint density at radius 1 is 1.20 bits per heavy atom. The van der Waals surface area contributed by atoms with E-state index in [9.17, 15) is 9.59 Å². The number of piperidine rings is 1. The van der Waals surface area contributed by atoms with Crippen LogP contribution in [0.4, 0.5) is 4.79 Å². The van der Waals surface area contributed by atoms with Gasteiger partial charge < -0.3 is 14.7 Å². The first-order chi connectivity index (χ1) is 9.65. The highest BCUT2D eigenvalue weighted by Gasteiger charge is 2.57. The van der Waals surface area contributed by atoms with Crippen LogP contribution in [0.3, 0.4) is 0 Å². The Balaban J connectivity index is 1.44. The van der Waals surface area contributed by atoms with Gasteiger partial charge in [0.15, 0.2) is 0 Å². The Morgan fingerprint density at radius 2 is 1.85 bits per heavy atom. The van der Waals surface area contributed by atoms with Gasteiger partial charge in [0.05, 0.1) is 0 Å². The van der Waals surface area contributed by atoms with E-state index in [4.69, 9.17) is 9.84 Å². The van der Waals surface area contributed by atoms with Gasteiger partial charge in [-0.3, -0.25) is 4.79 Å². The number of amides is 1. The van der Waals surface area contributed by atoms with E-state index in [0.29, 0.717) is 24.9 Å². The minimum absolute atomic E-state index is 0.224. The molecule has 106 valence electrons. The normalized spacial score (nSPS) is 27.0. The fourth-order valence-corrected chi connectivity index (χ4v) is 3.11. The lowest BCUT2D eigenvalue weighted by Crippen LogP contribution is -2.32. The molecule has 2 aliphatic rings. The predicted octanol–water partition coefficient (Wildman–Crippen LogP) is 1.98. The zero-order valence-corrected chi connectivity index (χ0v) is 11.1. The van der Waals surface area contributed by atoms with Crippen molar-refractivity contribution in [2.24, 2.45) is 17.8 Å². The van der Waals surface area contributed by atoms with E-state index in [0.717, 1.165) is 5.56 Å². The second-order valence-corrected chi connectivity index (χ2v) is 5.53. The van der Waals surface area contributed by atoms with Crippen LogP contribution in [-0.4, -0.2) is 35.2 Å². The van der Waals surface area contributed by atoms with Crippen molar-refractivity contribution in [2.75, 3.05) is 13.1 Å². The summed E-state index contributed by atoms with van der Waals surface area (Å²) < 4.78 is 5.27. The molecule has 1 aliphatic carbocycles. The standard InChI is InChI=1S/C15H17NO4/c17-14(18)6-11-12-7-16(8-13(11)12)15(19)20-9-10-4-2-1-3-5-10/h1-5,11-13H,6-9H2,(H,17,18)/t11-,12+,13-. The molecule has 1 N–H and O–H groups in total. The van der Waals surface area contributed by atoms with Gasteiger partial charge >= 0.3 is 12.1 Å². The Bertz CT molecular complexity index is 504. The molecule has 20 heavy (non-hydrogen) atoms. The topological polar surface area (TPSA) is 66.8 Å². The second kappa shape index (κ2) is 5.15. The molecule has 1 saturated carbocycles. The first-order valence-electron chi connectivity index (χ1n) is 6.82. The average molecular weight is 275 g/mol. The van der Waals surface area contributed by atoms with Crippen molar-refractivity contribution >= 4 is 12.1 Å². The molecule has 3 atom stereocenters. The van der Waals surface area contributed by atoms with Gasteiger partial charge in [0.2, 0.25) is 0 Å². The molecular weight excluding hydrogens is 258 g/mol. The van der Waals surface area contributed by atoms with Crippen molar-refractivity contribution in [3.8, 4) is 0 Å². The first kappa shape index (κ1) is 13.0. The van der Waals surface area contributed by atoms with E-state index >= 15 is 0 Å². The largest absolute Gasteiger partial charge is 0.481 e. The van der Waals surface area contributed by atoms with Crippen molar-refractivity contribution in [1.29, 1.82) is 0 Å². The fourth-order valence-electron chi connectivity index (χ4n) is 3.11. The van der Waals surface area contributed by atoms with Crippen LogP contribution in [0.15, 0.2) is 30.3 Å². The third-order valence-electron chi connectivity index (χ3n) is 4.25. The molecule has 1 aliphatic heterocycles. The van der Waals surface area contributed by atoms with Gasteiger partial charge in [-0.15, -0.1) is 0 Å². The van der Waals surface area contributed by atoms with E-state index in [1.54, 1.807) is 4.90 Å². The molecule has 1 aromatic rings. The van der Waals surface area contributed by atoms with Gasteiger partial charge in [-0.1, -0.05) is 30.3 Å². The summed E-state index contributed by atoms with van der Waals surface area (Å²) in [7, 11) is 0. The van der Waals surface area contributed by atoms with Gasteiger partial charge in [-0.25, -0.2) is 4.79 Å². The van der Waals surface area contributed by atoms with Crippen LogP contribution in [0, 0.1) is 17.8 Å². The molecule has 1 aromatic carbocycles. The third kappa shape index (κ3) is 2.61. The van der Waals surface area contributed by atoms with Crippen LogP contribution < -0.4 is 0 Å². The highest BCUT2D eigenvalue weighted by Crippen LogP contribution is 2.53. The van der Waals surface area contributed by atoms with Gasteiger partial charge in [-0.05, 0) is 23.3 Å². The average Bonchev–Trinajstić information content (AvgIpc) is 2.89. The van der Waals surface area contributed by atoms with Crippen LogP contribution >= 0.6 is 0 Å². The molecule has 1 heterocycles. The zero-order chi connectivity index (χ0) is 14.1. The van der Waals surface area contributed by atoms with Crippen molar-refractivity contribution in [2.45, 2.75) is 13.0 Å². The molecule has 0 unspecified atom stereocenters. The van der Waals surface area contributed by atoms with Crippen LogP contribution in [-0.2, 0) is 16.1 Å². The number of nitrogens with zero attached hydrogens (tertiary/aromatic N) is 1. The number of rotatable bonds is 4. The predicted molar refractivity (Wildman–Crippen MR) is 70.9 cm³/mol. The quantitative estimate of drug-likeness (QED) is 0.912. The van der Waals surface area contributed by atoms with Crippen molar-refractivity contribution in [1.82, 2.24) is 4.90 Å². The number of hydrogen-bond acceptors (Lipinski definition) is 3. The van der Waals surface area contributed by atoms with Crippen molar-refractivity contribution in [3.05, 3.63) is 35.9 Å². The van der Waals surface area contributed by atoms with E-state index in [2.05, 4.69) is 0 Å². The maximum absolute atomic E-state index is 11.9. The van der Waals surface area contributed by atoms with Gasteiger partial charge in [0.25, 0.3) is 0 Å². The maximum atomic E-state index is 11.9. The number of carbonyl (C=O) groups excluding carboxylic acids is 1. The Labute approximate surface area is 117 Å². The van der Waals surface area contributed by atoms with Crippen molar-refractivity contribution in [3.63, 3.8) is 0 Å². The lowest BCUT2D eigenvalue weighted by atomic mass is 10.2. The molecule has 0 aromatic heterocycles. The molecule has 3 rings (SSSR count). The Hall–Kier alpha value is -2.04. The molecule has 1 amide bonds. The number of likely N-dealkylation sites (tertiary alicyclic amines) is 1. The SMILES string of the molecule is O=C(O)C[C@H]1[C@H]2CN(C(=O)OCc3ccccc3)C[C@@H]12. The lowest BCUT2D eigenvalue weighted by molar-refractivity contribution is -0.137. The fraction of sp³-hybridized carbons (Fsp3) is 0.467. The van der Waals surface area contributed by atoms with Gasteiger partial charge in [-0.2, -0.15) is 0 Å². The summed E-state index contributed by atoms with van der Waals surface area (Å²) in [5, 5.41) is 8.76. The molecule has 0 spiro atoms. The Kier molecular flexibility index (Phi) is 3.34. The zero-order valence-electron chi connectivity index (χ0n) is 11.1. The van der Waals surface area contributed by atoms with Crippen LogP contribution in [0.1, 0.15) is 12.0 Å². The van der Waals surface area contributed by atoms with Crippen LogP contribution in [0.2, 0.25) is 0 Å². The van der Waals surface area contributed by atoms with Crippen molar-refractivity contribution < 1.29 is 19.4 Å². The molecular formula is C15H17NO4. The molecule has 2 fully saturated rings. The summed E-state index contributed by atoms with van der Waals surface area (Å²) in [5.74, 6) is 0.221.